The Balaban J connectivity index is 1.83. The number of hydrogen-bond acceptors (Lipinski definition) is 9. The first-order valence-electron chi connectivity index (χ1n) is 11.6. The minimum Gasteiger partial charge on any atom is -0.458 e. The molecule has 1 aliphatic rings. The van der Waals surface area contributed by atoms with Crippen molar-refractivity contribution in [3.63, 3.8) is 0 Å². The Bertz CT molecular complexity index is 1630. The average molecular weight is 533 g/mol. The molecule has 3 aromatic rings. The lowest BCUT2D eigenvalue weighted by atomic mass is 9.96. The van der Waals surface area contributed by atoms with Gasteiger partial charge in [-0.2, -0.15) is 0 Å². The topological polar surface area (TPSA) is 113 Å². The largest absolute Gasteiger partial charge is 0.458 e. The fourth-order valence-electron chi connectivity index (χ4n) is 3.94. The van der Waals surface area contributed by atoms with E-state index in [-0.39, 0.29) is 17.7 Å². The van der Waals surface area contributed by atoms with Gasteiger partial charge in [0.1, 0.15) is 18.1 Å². The number of aromatic nitrogens is 1. The summed E-state index contributed by atoms with van der Waals surface area (Å²) in [6, 6.07) is 12.5. The summed E-state index contributed by atoms with van der Waals surface area (Å²) in [6.07, 6.45) is 3.16. The summed E-state index contributed by atoms with van der Waals surface area (Å²) in [5.74, 6) is -0.773. The number of benzene rings is 2. The second kappa shape index (κ2) is 11.2. The van der Waals surface area contributed by atoms with Crippen molar-refractivity contribution < 1.29 is 28.6 Å². The third-order valence-corrected chi connectivity index (χ3v) is 6.45. The van der Waals surface area contributed by atoms with Gasteiger partial charge in [0.25, 0.3) is 5.56 Å². The molecule has 1 aromatic heterocycles. The Hall–Kier alpha value is -4.57. The second-order valence-corrected chi connectivity index (χ2v) is 9.30. The lowest BCUT2D eigenvalue weighted by Crippen LogP contribution is -2.39. The molecule has 2 aromatic carbocycles. The Labute approximate surface area is 221 Å². The van der Waals surface area contributed by atoms with Gasteiger partial charge in [-0.05, 0) is 48.4 Å². The number of carbonyl (C=O) groups excluding carboxylic acids is 3. The van der Waals surface area contributed by atoms with Crippen LogP contribution in [0, 0.1) is 0 Å². The molecule has 1 unspecified atom stereocenters. The van der Waals surface area contributed by atoms with Crippen LogP contribution in [0.4, 0.5) is 0 Å². The molecule has 0 bridgehead atoms. The van der Waals surface area contributed by atoms with Gasteiger partial charge < -0.3 is 14.2 Å². The van der Waals surface area contributed by atoms with Gasteiger partial charge in [-0.1, -0.05) is 48.3 Å². The van der Waals surface area contributed by atoms with E-state index in [4.69, 9.17) is 14.2 Å². The molecule has 0 aliphatic carbocycles. The molecule has 0 radical (unpaired) electrons. The first kappa shape index (κ1) is 26.5. The summed E-state index contributed by atoms with van der Waals surface area (Å²) in [5.41, 5.74) is 1.63. The summed E-state index contributed by atoms with van der Waals surface area (Å²) < 4.78 is 17.4. The van der Waals surface area contributed by atoms with E-state index < -0.39 is 23.9 Å². The van der Waals surface area contributed by atoms with Crippen LogP contribution in [0.25, 0.3) is 6.08 Å². The van der Waals surface area contributed by atoms with Crippen molar-refractivity contribution in [2.24, 2.45) is 4.99 Å². The molecule has 0 N–H and O–H groups in total. The summed E-state index contributed by atoms with van der Waals surface area (Å²) in [7, 11) is 0. The first-order chi connectivity index (χ1) is 18.2. The number of ether oxygens (including phenoxy) is 3. The maximum absolute atomic E-state index is 13.7. The van der Waals surface area contributed by atoms with E-state index >= 15 is 0 Å². The molecule has 9 nitrogen and oxygen atoms in total. The summed E-state index contributed by atoms with van der Waals surface area (Å²) in [4.78, 5) is 54.2. The number of esters is 3. The average Bonchev–Trinajstić information content (AvgIpc) is 3.17. The van der Waals surface area contributed by atoms with E-state index in [1.54, 1.807) is 61.5 Å². The van der Waals surface area contributed by atoms with E-state index in [0.717, 1.165) is 5.56 Å². The summed E-state index contributed by atoms with van der Waals surface area (Å²) in [6.45, 7) is 7.89. The van der Waals surface area contributed by atoms with Crippen LogP contribution >= 0.6 is 11.3 Å². The van der Waals surface area contributed by atoms with Gasteiger partial charge in [0, 0.05) is 13.8 Å². The molecule has 38 heavy (non-hydrogen) atoms. The number of nitrogens with zero attached hydrogens (tertiary/aromatic N) is 2. The van der Waals surface area contributed by atoms with Crippen molar-refractivity contribution in [1.29, 1.82) is 0 Å². The number of rotatable bonds is 7. The van der Waals surface area contributed by atoms with Crippen LogP contribution in [0.1, 0.15) is 37.9 Å². The zero-order valence-electron chi connectivity index (χ0n) is 20.9. The van der Waals surface area contributed by atoms with Crippen molar-refractivity contribution in [2.45, 2.75) is 26.8 Å². The minimum absolute atomic E-state index is 0.00147. The van der Waals surface area contributed by atoms with Crippen LogP contribution in [0.3, 0.4) is 0 Å². The van der Waals surface area contributed by atoms with Crippen LogP contribution in [0.15, 0.2) is 82.2 Å². The normalized spacial score (nSPS) is 14.8. The van der Waals surface area contributed by atoms with Crippen LogP contribution < -0.4 is 24.4 Å². The van der Waals surface area contributed by atoms with Crippen molar-refractivity contribution in [3.8, 4) is 11.5 Å². The maximum atomic E-state index is 13.7. The predicted molar refractivity (Wildman–Crippen MR) is 140 cm³/mol. The first-order valence-corrected chi connectivity index (χ1v) is 12.4. The SMILES string of the molecule is C=CCOC(=O)C1=C(C)N=c2s/c(=C\c3ccc(OC(C)=O)cc3)c(=O)n2C1c1ccc(OC(C)=O)cc1. The minimum atomic E-state index is -0.816. The maximum Gasteiger partial charge on any atom is 0.338 e. The molecular formula is C28H24N2O7S. The predicted octanol–water partition coefficient (Wildman–Crippen LogP) is 2.82. The zero-order chi connectivity index (χ0) is 27.4. The van der Waals surface area contributed by atoms with Gasteiger partial charge in [-0.3, -0.25) is 19.0 Å². The van der Waals surface area contributed by atoms with Gasteiger partial charge in [0.05, 0.1) is 21.8 Å². The highest BCUT2D eigenvalue weighted by Crippen LogP contribution is 2.31. The molecule has 4 rings (SSSR count). The van der Waals surface area contributed by atoms with Crippen LogP contribution in [-0.4, -0.2) is 29.1 Å². The van der Waals surface area contributed by atoms with Crippen molar-refractivity contribution in [2.75, 3.05) is 6.61 Å². The monoisotopic (exact) mass is 532 g/mol. The molecule has 2 heterocycles. The lowest BCUT2D eigenvalue weighted by Gasteiger charge is -2.24. The summed E-state index contributed by atoms with van der Waals surface area (Å²) in [5, 5.41) is 0. The van der Waals surface area contributed by atoms with E-state index in [1.807, 2.05) is 0 Å². The Morgan fingerprint density at radius 3 is 2.13 bits per heavy atom. The standard InChI is InChI=1S/C28H24N2O7S/c1-5-14-35-27(34)24-16(2)29-28-30(25(24)20-8-12-22(13-9-20)37-18(4)32)26(33)23(38-28)15-19-6-10-21(11-7-19)36-17(3)31/h5-13,15,25H,1,14H2,2-4H3/b23-15-. The van der Waals surface area contributed by atoms with Crippen LogP contribution in [0.5, 0.6) is 11.5 Å². The highest BCUT2D eigenvalue weighted by atomic mass is 32.1. The Morgan fingerprint density at radius 2 is 1.58 bits per heavy atom. The molecule has 1 atom stereocenters. The molecular weight excluding hydrogens is 508 g/mol. The Morgan fingerprint density at radius 1 is 1.00 bits per heavy atom. The van der Waals surface area contributed by atoms with E-state index in [0.29, 0.717) is 32.1 Å². The molecule has 0 saturated heterocycles. The number of allylic oxidation sites excluding steroid dienone is 1. The fourth-order valence-corrected chi connectivity index (χ4v) is 4.99. The van der Waals surface area contributed by atoms with Gasteiger partial charge in [-0.25, -0.2) is 9.79 Å². The molecule has 1 aliphatic heterocycles. The lowest BCUT2D eigenvalue weighted by molar-refractivity contribution is -0.138. The Kier molecular flexibility index (Phi) is 7.82. The highest BCUT2D eigenvalue weighted by molar-refractivity contribution is 7.07. The molecule has 10 heteroatoms. The number of hydrogen-bond donors (Lipinski definition) is 0. The fraction of sp³-hybridized carbons (Fsp3) is 0.179. The number of fused-ring (bicyclic) bond motifs is 1. The van der Waals surface area contributed by atoms with Gasteiger partial charge >= 0.3 is 17.9 Å². The third-order valence-electron chi connectivity index (χ3n) is 5.47. The third kappa shape index (κ3) is 5.70. The van der Waals surface area contributed by atoms with Crippen LogP contribution in [0.2, 0.25) is 0 Å². The zero-order valence-corrected chi connectivity index (χ0v) is 21.7. The van der Waals surface area contributed by atoms with Gasteiger partial charge in [0.2, 0.25) is 0 Å². The van der Waals surface area contributed by atoms with E-state index in [9.17, 15) is 19.2 Å². The van der Waals surface area contributed by atoms with Crippen molar-refractivity contribution in [1.82, 2.24) is 4.57 Å². The van der Waals surface area contributed by atoms with Crippen molar-refractivity contribution >= 4 is 35.3 Å². The second-order valence-electron chi connectivity index (χ2n) is 8.29. The molecule has 0 amide bonds. The number of thiazole rings is 1. The van der Waals surface area contributed by atoms with E-state index in [1.165, 1.54) is 35.8 Å². The molecule has 0 saturated carbocycles. The van der Waals surface area contributed by atoms with Gasteiger partial charge in [-0.15, -0.1) is 0 Å². The number of carbonyl (C=O) groups is 3. The van der Waals surface area contributed by atoms with Crippen LogP contribution in [-0.2, 0) is 19.1 Å². The summed E-state index contributed by atoms with van der Waals surface area (Å²) >= 11 is 1.19. The smallest absolute Gasteiger partial charge is 0.338 e. The van der Waals surface area contributed by atoms with Gasteiger partial charge in [0.15, 0.2) is 4.80 Å². The molecule has 0 spiro atoms. The highest BCUT2D eigenvalue weighted by Gasteiger charge is 2.33. The van der Waals surface area contributed by atoms with Crippen molar-refractivity contribution in [3.05, 3.63) is 103 Å². The quantitative estimate of drug-likeness (QED) is 0.261. The van der Waals surface area contributed by atoms with E-state index in [2.05, 4.69) is 11.6 Å². The molecule has 194 valence electrons. The molecule has 0 fully saturated rings.